The first-order valence-electron chi connectivity index (χ1n) is 8.80. The summed E-state index contributed by atoms with van der Waals surface area (Å²) in [5.74, 6) is 1.19. The Morgan fingerprint density at radius 3 is 2.41 bits per heavy atom. The van der Waals surface area contributed by atoms with Crippen LogP contribution in [0.3, 0.4) is 0 Å². The first-order valence-corrected chi connectivity index (χ1v) is 10.2. The molecule has 2 unspecified atom stereocenters. The van der Waals surface area contributed by atoms with Crippen molar-refractivity contribution < 1.29 is 27.4 Å². The first kappa shape index (κ1) is 21.7. The Labute approximate surface area is 162 Å². The molecule has 2 atom stereocenters. The smallest absolute Gasteiger partial charge is 0.416 e. The van der Waals surface area contributed by atoms with Crippen LogP contribution in [0, 0.1) is 5.92 Å². The molecule has 1 fully saturated rings. The minimum absolute atomic E-state index is 0.104. The van der Waals surface area contributed by atoms with Gasteiger partial charge in [0.25, 0.3) is 0 Å². The molecular formula is C19H26F3NO3S. The maximum absolute atomic E-state index is 12.7. The topological polar surface area (TPSA) is 38.8 Å². The lowest BCUT2D eigenvalue weighted by molar-refractivity contribution is -0.137. The van der Waals surface area contributed by atoms with E-state index in [1.165, 1.54) is 12.1 Å². The lowest BCUT2D eigenvalue weighted by Gasteiger charge is -2.26. The van der Waals surface area contributed by atoms with Gasteiger partial charge in [0.2, 0.25) is 0 Å². The van der Waals surface area contributed by atoms with Crippen molar-refractivity contribution in [1.29, 1.82) is 0 Å². The van der Waals surface area contributed by atoms with Crippen LogP contribution in [-0.2, 0) is 10.9 Å². The monoisotopic (exact) mass is 405 g/mol. The van der Waals surface area contributed by atoms with Gasteiger partial charge in [-0.1, -0.05) is 0 Å². The standard InChI is InChI=1S/C19H26F3NO3S/c1-18(2,3)26-17(24)23-10-9-13(11-23)16(12-27-4)25-15-7-5-14(6-8-15)19(20,21)22/h5-8,13,16H,9-12H2,1-4H3. The van der Waals surface area contributed by atoms with Gasteiger partial charge in [0.05, 0.1) is 5.56 Å². The zero-order chi connectivity index (χ0) is 20.2. The summed E-state index contributed by atoms with van der Waals surface area (Å²) in [6, 6.07) is 4.73. The fourth-order valence-electron chi connectivity index (χ4n) is 2.91. The molecule has 27 heavy (non-hydrogen) atoms. The molecule has 0 radical (unpaired) electrons. The number of amides is 1. The van der Waals surface area contributed by atoms with Gasteiger partial charge in [-0.15, -0.1) is 0 Å². The van der Waals surface area contributed by atoms with Crippen molar-refractivity contribution in [2.24, 2.45) is 5.92 Å². The lowest BCUT2D eigenvalue weighted by atomic mass is 10.0. The maximum Gasteiger partial charge on any atom is 0.416 e. The van der Waals surface area contributed by atoms with Crippen LogP contribution in [0.5, 0.6) is 5.75 Å². The number of halogens is 3. The van der Waals surface area contributed by atoms with E-state index >= 15 is 0 Å². The Hall–Kier alpha value is -1.57. The van der Waals surface area contributed by atoms with Crippen LogP contribution in [0.2, 0.25) is 0 Å². The Morgan fingerprint density at radius 2 is 1.89 bits per heavy atom. The van der Waals surface area contributed by atoms with Crippen molar-refractivity contribution in [1.82, 2.24) is 4.90 Å². The Morgan fingerprint density at radius 1 is 1.26 bits per heavy atom. The molecule has 4 nitrogen and oxygen atoms in total. The largest absolute Gasteiger partial charge is 0.489 e. The van der Waals surface area contributed by atoms with E-state index in [-0.39, 0.29) is 18.1 Å². The molecule has 0 N–H and O–H groups in total. The number of ether oxygens (including phenoxy) is 2. The van der Waals surface area contributed by atoms with Gasteiger partial charge in [0.15, 0.2) is 0 Å². The molecule has 1 heterocycles. The van der Waals surface area contributed by atoms with Crippen molar-refractivity contribution >= 4 is 17.9 Å². The van der Waals surface area contributed by atoms with Crippen molar-refractivity contribution in [2.75, 3.05) is 25.1 Å². The number of nitrogens with zero attached hydrogens (tertiary/aromatic N) is 1. The molecule has 1 aliphatic heterocycles. The molecule has 152 valence electrons. The highest BCUT2D eigenvalue weighted by molar-refractivity contribution is 7.98. The summed E-state index contributed by atoms with van der Waals surface area (Å²) in [6.45, 7) is 6.57. The number of rotatable bonds is 5. The van der Waals surface area contributed by atoms with E-state index in [9.17, 15) is 18.0 Å². The summed E-state index contributed by atoms with van der Waals surface area (Å²) in [5.41, 5.74) is -1.25. The number of alkyl halides is 3. The zero-order valence-electron chi connectivity index (χ0n) is 16.0. The summed E-state index contributed by atoms with van der Waals surface area (Å²) >= 11 is 1.60. The summed E-state index contributed by atoms with van der Waals surface area (Å²) < 4.78 is 49.4. The first-order chi connectivity index (χ1) is 12.5. The maximum atomic E-state index is 12.7. The zero-order valence-corrected chi connectivity index (χ0v) is 16.8. The second-order valence-electron chi connectivity index (χ2n) is 7.61. The predicted octanol–water partition coefficient (Wildman–Crippen LogP) is 5.07. The van der Waals surface area contributed by atoms with E-state index in [1.54, 1.807) is 16.7 Å². The summed E-state index contributed by atoms with van der Waals surface area (Å²) in [5, 5.41) is 0. The number of carbonyl (C=O) groups is 1. The molecule has 0 saturated carbocycles. The highest BCUT2D eigenvalue weighted by atomic mass is 32.2. The third-order valence-corrected chi connectivity index (χ3v) is 4.86. The fourth-order valence-corrected chi connectivity index (χ4v) is 3.58. The van der Waals surface area contributed by atoms with Crippen LogP contribution < -0.4 is 4.74 Å². The van der Waals surface area contributed by atoms with Gasteiger partial charge in [-0.3, -0.25) is 0 Å². The third-order valence-electron chi connectivity index (χ3n) is 4.20. The molecule has 0 bridgehead atoms. The van der Waals surface area contributed by atoms with Gasteiger partial charge < -0.3 is 14.4 Å². The Kier molecular flexibility index (Phi) is 6.94. The molecule has 0 aromatic heterocycles. The quantitative estimate of drug-likeness (QED) is 0.685. The highest BCUT2D eigenvalue weighted by Crippen LogP contribution is 2.32. The number of benzene rings is 1. The Balaban J connectivity index is 2.00. The van der Waals surface area contributed by atoms with Crippen LogP contribution in [0.4, 0.5) is 18.0 Å². The molecule has 1 aromatic carbocycles. The molecule has 1 aromatic rings. The van der Waals surface area contributed by atoms with Crippen molar-refractivity contribution in [3.63, 3.8) is 0 Å². The molecular weight excluding hydrogens is 379 g/mol. The minimum Gasteiger partial charge on any atom is -0.489 e. The molecule has 0 spiro atoms. The molecule has 0 aliphatic carbocycles. The highest BCUT2D eigenvalue weighted by Gasteiger charge is 2.35. The normalized spacial score (nSPS) is 19.1. The SMILES string of the molecule is CSCC(Oc1ccc(C(F)(F)F)cc1)C1CCN(C(=O)OC(C)(C)C)C1. The van der Waals surface area contributed by atoms with Crippen LogP contribution in [0.1, 0.15) is 32.8 Å². The van der Waals surface area contributed by atoms with Gasteiger partial charge in [-0.05, 0) is 57.7 Å². The molecule has 1 aliphatic rings. The van der Waals surface area contributed by atoms with Gasteiger partial charge in [0.1, 0.15) is 17.5 Å². The molecule has 1 saturated heterocycles. The summed E-state index contributed by atoms with van der Waals surface area (Å²) in [7, 11) is 0. The summed E-state index contributed by atoms with van der Waals surface area (Å²) in [4.78, 5) is 13.9. The van der Waals surface area contributed by atoms with E-state index in [0.29, 0.717) is 24.6 Å². The van der Waals surface area contributed by atoms with Crippen LogP contribution >= 0.6 is 11.8 Å². The van der Waals surface area contributed by atoms with E-state index in [2.05, 4.69) is 0 Å². The predicted molar refractivity (Wildman–Crippen MR) is 100 cm³/mol. The third kappa shape index (κ3) is 6.52. The number of hydrogen-bond donors (Lipinski definition) is 0. The van der Waals surface area contributed by atoms with Gasteiger partial charge in [0, 0.05) is 24.8 Å². The van der Waals surface area contributed by atoms with Gasteiger partial charge in [-0.25, -0.2) is 4.79 Å². The van der Waals surface area contributed by atoms with Crippen LogP contribution in [-0.4, -0.2) is 47.8 Å². The van der Waals surface area contributed by atoms with Crippen molar-refractivity contribution in [3.05, 3.63) is 29.8 Å². The van der Waals surface area contributed by atoms with E-state index in [0.717, 1.165) is 18.6 Å². The van der Waals surface area contributed by atoms with Crippen molar-refractivity contribution in [2.45, 2.75) is 45.1 Å². The van der Waals surface area contributed by atoms with Crippen molar-refractivity contribution in [3.8, 4) is 5.75 Å². The minimum atomic E-state index is -4.36. The van der Waals surface area contributed by atoms with E-state index < -0.39 is 17.3 Å². The molecule has 1 amide bonds. The van der Waals surface area contributed by atoms with E-state index in [1.807, 2.05) is 27.0 Å². The van der Waals surface area contributed by atoms with Gasteiger partial charge >= 0.3 is 12.3 Å². The number of thioether (sulfide) groups is 1. The average Bonchev–Trinajstić information content (AvgIpc) is 3.02. The van der Waals surface area contributed by atoms with Gasteiger partial charge in [-0.2, -0.15) is 24.9 Å². The Bertz CT molecular complexity index is 629. The molecule has 8 heteroatoms. The lowest BCUT2D eigenvalue weighted by Crippen LogP contribution is -2.37. The second kappa shape index (κ2) is 8.63. The number of carbonyl (C=O) groups excluding carboxylic acids is 1. The average molecular weight is 405 g/mol. The second-order valence-corrected chi connectivity index (χ2v) is 8.52. The van der Waals surface area contributed by atoms with Crippen LogP contribution in [0.15, 0.2) is 24.3 Å². The van der Waals surface area contributed by atoms with Crippen LogP contribution in [0.25, 0.3) is 0 Å². The summed E-state index contributed by atoms with van der Waals surface area (Å²) in [6.07, 6.45) is -2.18. The van der Waals surface area contributed by atoms with E-state index in [4.69, 9.17) is 9.47 Å². The fraction of sp³-hybridized carbons (Fsp3) is 0.632. The number of hydrogen-bond acceptors (Lipinski definition) is 4. The number of likely N-dealkylation sites (tertiary alicyclic amines) is 1. The molecule has 2 rings (SSSR count).